The number of nitrogens with zero attached hydrogens (tertiary/aromatic N) is 3. The van der Waals surface area contributed by atoms with Crippen LogP contribution in [0.1, 0.15) is 39.5 Å². The summed E-state index contributed by atoms with van der Waals surface area (Å²) in [5.41, 5.74) is 0.950. The van der Waals surface area contributed by atoms with E-state index in [-0.39, 0.29) is 24.5 Å². The molecule has 2 aliphatic rings. The topological polar surface area (TPSA) is 35.9 Å². The van der Waals surface area contributed by atoms with E-state index in [2.05, 4.69) is 18.9 Å². The summed E-state index contributed by atoms with van der Waals surface area (Å²) in [6.07, 6.45) is 4.99. The SMILES string of the molecule is CC(=O)N(c1ccccc1)C1C(C)SC(=NC2CCCC2)N1C.Cl. The van der Waals surface area contributed by atoms with Crippen molar-refractivity contribution < 1.29 is 4.79 Å². The van der Waals surface area contributed by atoms with Gasteiger partial charge in [-0.25, -0.2) is 0 Å². The van der Waals surface area contributed by atoms with Crippen molar-refractivity contribution in [3.8, 4) is 0 Å². The lowest BCUT2D eigenvalue weighted by Crippen LogP contribution is -2.50. The number of benzene rings is 1. The van der Waals surface area contributed by atoms with Crippen LogP contribution in [0.25, 0.3) is 0 Å². The number of thioether (sulfide) groups is 1. The molecule has 1 aliphatic carbocycles. The molecule has 0 bridgehead atoms. The number of amides is 1. The van der Waals surface area contributed by atoms with Gasteiger partial charge in [-0.05, 0) is 31.9 Å². The Hall–Kier alpha value is -1.20. The lowest BCUT2D eigenvalue weighted by Gasteiger charge is -2.35. The van der Waals surface area contributed by atoms with Crippen LogP contribution in [-0.2, 0) is 4.79 Å². The average Bonchev–Trinajstić information content (AvgIpc) is 3.12. The summed E-state index contributed by atoms with van der Waals surface area (Å²) in [6, 6.07) is 10.4. The molecule has 3 rings (SSSR count). The summed E-state index contributed by atoms with van der Waals surface area (Å²) >= 11 is 1.79. The Kier molecular flexibility index (Phi) is 6.58. The quantitative estimate of drug-likeness (QED) is 0.805. The van der Waals surface area contributed by atoms with Gasteiger partial charge in [-0.2, -0.15) is 0 Å². The van der Waals surface area contributed by atoms with Crippen LogP contribution < -0.4 is 4.90 Å². The van der Waals surface area contributed by atoms with Gasteiger partial charge in [-0.1, -0.05) is 42.8 Å². The van der Waals surface area contributed by atoms with E-state index in [1.165, 1.54) is 25.7 Å². The van der Waals surface area contributed by atoms with E-state index in [9.17, 15) is 4.79 Å². The molecule has 0 radical (unpaired) electrons. The van der Waals surface area contributed by atoms with Gasteiger partial charge in [0.1, 0.15) is 6.17 Å². The highest BCUT2D eigenvalue weighted by Crippen LogP contribution is 2.36. The zero-order valence-electron chi connectivity index (χ0n) is 14.5. The van der Waals surface area contributed by atoms with Crippen LogP contribution >= 0.6 is 24.2 Å². The Labute approximate surface area is 155 Å². The van der Waals surface area contributed by atoms with Crippen LogP contribution in [-0.4, -0.2) is 40.5 Å². The lowest BCUT2D eigenvalue weighted by atomic mass is 10.2. The van der Waals surface area contributed by atoms with Crippen molar-refractivity contribution in [3.63, 3.8) is 0 Å². The Morgan fingerprint density at radius 2 is 1.88 bits per heavy atom. The van der Waals surface area contributed by atoms with Crippen LogP contribution in [0.3, 0.4) is 0 Å². The Morgan fingerprint density at radius 3 is 2.46 bits per heavy atom. The number of halogens is 1. The van der Waals surface area contributed by atoms with Crippen LogP contribution in [0.5, 0.6) is 0 Å². The molecule has 6 heteroatoms. The van der Waals surface area contributed by atoms with Gasteiger partial charge in [-0.3, -0.25) is 14.7 Å². The molecule has 2 atom stereocenters. The third-order valence-corrected chi connectivity index (χ3v) is 5.88. The molecule has 1 aromatic rings. The summed E-state index contributed by atoms with van der Waals surface area (Å²) in [5, 5.41) is 1.38. The van der Waals surface area contributed by atoms with Crippen LogP contribution in [0.15, 0.2) is 35.3 Å². The first-order valence-corrected chi connectivity index (χ1v) is 9.28. The fraction of sp³-hybridized carbons (Fsp3) is 0.556. The second-order valence-corrected chi connectivity index (χ2v) is 7.77. The van der Waals surface area contributed by atoms with Crippen molar-refractivity contribution in [2.45, 2.75) is 57.0 Å². The third kappa shape index (κ3) is 3.89. The second kappa shape index (κ2) is 8.26. The molecule has 1 amide bonds. The number of carbonyl (C=O) groups is 1. The van der Waals surface area contributed by atoms with Gasteiger partial charge in [0.05, 0.1) is 6.04 Å². The number of para-hydroxylation sites is 1. The first-order chi connectivity index (χ1) is 11.1. The predicted molar refractivity (Wildman–Crippen MR) is 105 cm³/mol. The minimum Gasteiger partial charge on any atom is -0.333 e. The van der Waals surface area contributed by atoms with E-state index in [0.717, 1.165) is 10.9 Å². The predicted octanol–water partition coefficient (Wildman–Crippen LogP) is 4.15. The van der Waals surface area contributed by atoms with Gasteiger partial charge < -0.3 is 4.90 Å². The van der Waals surface area contributed by atoms with Crippen molar-refractivity contribution in [2.75, 3.05) is 11.9 Å². The van der Waals surface area contributed by atoms with Gasteiger partial charge >= 0.3 is 0 Å². The maximum Gasteiger partial charge on any atom is 0.225 e. The summed E-state index contributed by atoms with van der Waals surface area (Å²) in [5.74, 6) is 0.0719. The van der Waals surface area contributed by atoms with E-state index >= 15 is 0 Å². The van der Waals surface area contributed by atoms with Gasteiger partial charge in [0.15, 0.2) is 5.17 Å². The molecule has 1 aliphatic heterocycles. The summed E-state index contributed by atoms with van der Waals surface area (Å²) in [7, 11) is 2.06. The molecular formula is C18H26ClN3OS. The third-order valence-electron chi connectivity index (χ3n) is 4.67. The van der Waals surface area contributed by atoms with Crippen molar-refractivity contribution in [1.82, 2.24) is 4.90 Å². The normalized spacial score (nSPS) is 25.8. The molecule has 2 unspecified atom stereocenters. The molecule has 4 nitrogen and oxygen atoms in total. The van der Waals surface area contributed by atoms with Gasteiger partial charge in [-0.15, -0.1) is 12.4 Å². The number of rotatable bonds is 3. The highest BCUT2D eigenvalue weighted by Gasteiger charge is 2.40. The van der Waals surface area contributed by atoms with E-state index in [1.807, 2.05) is 35.2 Å². The molecule has 0 aromatic heterocycles. The summed E-state index contributed by atoms with van der Waals surface area (Å²) in [4.78, 5) is 21.4. The fourth-order valence-electron chi connectivity index (χ4n) is 3.54. The highest BCUT2D eigenvalue weighted by atomic mass is 35.5. The highest BCUT2D eigenvalue weighted by molar-refractivity contribution is 8.14. The lowest BCUT2D eigenvalue weighted by molar-refractivity contribution is -0.117. The monoisotopic (exact) mass is 367 g/mol. The van der Waals surface area contributed by atoms with Crippen molar-refractivity contribution in [3.05, 3.63) is 30.3 Å². The molecule has 1 heterocycles. The first kappa shape index (κ1) is 19.1. The van der Waals surface area contributed by atoms with Crippen molar-refractivity contribution >= 4 is 40.9 Å². The molecule has 2 fully saturated rings. The number of hydrogen-bond acceptors (Lipinski definition) is 3. The Morgan fingerprint density at radius 1 is 1.25 bits per heavy atom. The molecule has 132 valence electrons. The molecule has 1 saturated heterocycles. The zero-order chi connectivity index (χ0) is 16.4. The second-order valence-electron chi connectivity index (χ2n) is 6.42. The van der Waals surface area contributed by atoms with Gasteiger partial charge in [0, 0.05) is 24.9 Å². The maximum absolute atomic E-state index is 12.3. The Balaban J connectivity index is 0.00000208. The van der Waals surface area contributed by atoms with Crippen LogP contribution in [0.4, 0.5) is 5.69 Å². The smallest absolute Gasteiger partial charge is 0.225 e. The summed E-state index contributed by atoms with van der Waals surface area (Å²) in [6.45, 7) is 3.83. The van der Waals surface area contributed by atoms with E-state index < -0.39 is 0 Å². The minimum atomic E-state index is 0. The molecule has 1 aromatic carbocycles. The first-order valence-electron chi connectivity index (χ1n) is 8.40. The molecule has 0 N–H and O–H groups in total. The number of aliphatic imine (C=N–C) groups is 1. The number of anilines is 1. The van der Waals surface area contributed by atoms with Gasteiger partial charge in [0.25, 0.3) is 0 Å². The maximum atomic E-state index is 12.3. The van der Waals surface area contributed by atoms with Crippen molar-refractivity contribution in [2.24, 2.45) is 4.99 Å². The fourth-order valence-corrected chi connectivity index (χ4v) is 4.78. The van der Waals surface area contributed by atoms with Crippen molar-refractivity contribution in [1.29, 1.82) is 0 Å². The van der Waals surface area contributed by atoms with E-state index in [1.54, 1.807) is 18.7 Å². The summed E-state index contributed by atoms with van der Waals surface area (Å²) < 4.78 is 0. The number of carbonyl (C=O) groups excluding carboxylic acids is 1. The minimum absolute atomic E-state index is 0. The molecule has 1 saturated carbocycles. The van der Waals surface area contributed by atoms with E-state index in [4.69, 9.17) is 4.99 Å². The number of hydrogen-bond donors (Lipinski definition) is 0. The zero-order valence-corrected chi connectivity index (χ0v) is 16.1. The molecule has 0 spiro atoms. The van der Waals surface area contributed by atoms with Crippen LogP contribution in [0.2, 0.25) is 0 Å². The molecule has 24 heavy (non-hydrogen) atoms. The largest absolute Gasteiger partial charge is 0.333 e. The average molecular weight is 368 g/mol. The van der Waals surface area contributed by atoms with Gasteiger partial charge in [0.2, 0.25) is 5.91 Å². The molecular weight excluding hydrogens is 342 g/mol. The Bertz CT molecular complexity index is 589. The van der Waals surface area contributed by atoms with E-state index in [0.29, 0.717) is 11.3 Å². The van der Waals surface area contributed by atoms with Crippen LogP contribution in [0, 0.1) is 0 Å². The standard InChI is InChI=1S/C18H25N3OS.ClH/c1-13-17(21(14(2)22)16-11-5-4-6-12-16)20(3)18(23-13)19-15-9-7-8-10-15;/h4-6,11-13,15,17H,7-10H2,1-3H3;1H. The number of amidine groups is 1.